The fraction of sp³-hybridized carbons (Fsp3) is 0.375. The molecule has 1 heterocycles. The molecule has 0 bridgehead atoms. The Hall–Kier alpha value is -2.84. The van der Waals surface area contributed by atoms with Crippen molar-refractivity contribution in [1.82, 2.24) is 24.0 Å². The predicted octanol–water partition coefficient (Wildman–Crippen LogP) is 0.273. The van der Waals surface area contributed by atoms with Crippen LogP contribution in [0.1, 0.15) is 16.6 Å². The standard InChI is InChI=1S/C16H22N6O6S2/c1-11-17-14(20-16(18-11)28-4)19-15(23)21-30(26,27)13(10-29(24,25)22(2)3)12-8-6-5-7-9-12/h5-9,13H,10H2,1-4H3,(H2,17,18,19,20,21,23). The Labute approximate surface area is 174 Å². The van der Waals surface area contributed by atoms with Crippen molar-refractivity contribution in [2.75, 3.05) is 32.3 Å². The SMILES string of the molecule is COc1nc(C)nc(NC(=O)NS(=O)(=O)C(CS(=O)(=O)N(C)C)c2ccccc2)n1. The number of nitrogens with zero attached hydrogens (tertiary/aromatic N) is 4. The molecule has 0 radical (unpaired) electrons. The van der Waals surface area contributed by atoms with Crippen LogP contribution in [0.4, 0.5) is 10.7 Å². The molecule has 2 rings (SSSR count). The van der Waals surface area contributed by atoms with Gasteiger partial charge in [0.2, 0.25) is 26.0 Å². The number of benzene rings is 1. The normalized spacial score (nSPS) is 13.0. The first kappa shape index (κ1) is 23.4. The Morgan fingerprint density at radius 2 is 1.73 bits per heavy atom. The number of anilines is 1. The monoisotopic (exact) mass is 458 g/mol. The van der Waals surface area contributed by atoms with E-state index in [1.807, 2.05) is 4.72 Å². The summed E-state index contributed by atoms with van der Waals surface area (Å²) in [6, 6.07) is 6.50. The van der Waals surface area contributed by atoms with Gasteiger partial charge in [-0.05, 0) is 12.5 Å². The topological polar surface area (TPSA) is 161 Å². The lowest BCUT2D eigenvalue weighted by Crippen LogP contribution is -2.41. The van der Waals surface area contributed by atoms with Crippen molar-refractivity contribution >= 4 is 32.0 Å². The summed E-state index contributed by atoms with van der Waals surface area (Å²) in [6.45, 7) is 1.53. The van der Waals surface area contributed by atoms with E-state index in [0.717, 1.165) is 4.31 Å². The van der Waals surface area contributed by atoms with Gasteiger partial charge in [-0.3, -0.25) is 5.32 Å². The number of aryl methyl sites for hydroxylation is 1. The smallest absolute Gasteiger partial charge is 0.335 e. The van der Waals surface area contributed by atoms with Gasteiger partial charge in [-0.15, -0.1) is 0 Å². The first-order valence-corrected chi connectivity index (χ1v) is 11.6. The number of carbonyl (C=O) groups is 1. The van der Waals surface area contributed by atoms with Crippen LogP contribution < -0.4 is 14.8 Å². The molecule has 2 amide bonds. The summed E-state index contributed by atoms with van der Waals surface area (Å²) in [5.41, 5.74) is 0.209. The predicted molar refractivity (Wildman–Crippen MR) is 109 cm³/mol. The Morgan fingerprint density at radius 1 is 1.10 bits per heavy atom. The summed E-state index contributed by atoms with van der Waals surface area (Å²) in [7, 11) is -4.46. The number of ether oxygens (including phenoxy) is 1. The van der Waals surface area contributed by atoms with Crippen LogP contribution in [0, 0.1) is 6.92 Å². The molecule has 14 heteroatoms. The van der Waals surface area contributed by atoms with E-state index in [0.29, 0.717) is 0 Å². The van der Waals surface area contributed by atoms with E-state index >= 15 is 0 Å². The first-order valence-electron chi connectivity index (χ1n) is 8.49. The maximum absolute atomic E-state index is 12.9. The van der Waals surface area contributed by atoms with Crippen LogP contribution in [0.3, 0.4) is 0 Å². The van der Waals surface area contributed by atoms with E-state index in [1.165, 1.54) is 40.3 Å². The van der Waals surface area contributed by atoms with Crippen molar-refractivity contribution in [3.8, 4) is 6.01 Å². The third-order valence-electron chi connectivity index (χ3n) is 3.83. The van der Waals surface area contributed by atoms with Gasteiger partial charge < -0.3 is 4.74 Å². The van der Waals surface area contributed by atoms with Crippen LogP contribution in [0.25, 0.3) is 0 Å². The third-order valence-corrected chi connectivity index (χ3v) is 7.57. The molecule has 0 saturated carbocycles. The largest absolute Gasteiger partial charge is 0.467 e. The van der Waals surface area contributed by atoms with Crippen LogP contribution in [0.5, 0.6) is 6.01 Å². The van der Waals surface area contributed by atoms with Crippen molar-refractivity contribution in [3.05, 3.63) is 41.7 Å². The van der Waals surface area contributed by atoms with Gasteiger partial charge in [-0.25, -0.2) is 30.7 Å². The Balaban J connectivity index is 2.30. The second-order valence-corrected chi connectivity index (χ2v) is 10.3. The molecule has 1 unspecified atom stereocenters. The van der Waals surface area contributed by atoms with Gasteiger partial charge in [-0.1, -0.05) is 30.3 Å². The summed E-state index contributed by atoms with van der Waals surface area (Å²) >= 11 is 0. The lowest BCUT2D eigenvalue weighted by molar-refractivity contribution is 0.256. The highest BCUT2D eigenvalue weighted by Gasteiger charge is 2.34. The number of sulfonamides is 2. The van der Waals surface area contributed by atoms with Gasteiger partial charge in [0.15, 0.2) is 0 Å². The molecule has 0 aliphatic rings. The number of urea groups is 1. The van der Waals surface area contributed by atoms with Gasteiger partial charge in [0, 0.05) is 14.1 Å². The van der Waals surface area contributed by atoms with Gasteiger partial charge in [-0.2, -0.15) is 15.0 Å². The number of hydrogen-bond donors (Lipinski definition) is 2. The minimum absolute atomic E-state index is 0.0695. The minimum Gasteiger partial charge on any atom is -0.467 e. The van der Waals surface area contributed by atoms with Crippen molar-refractivity contribution in [3.63, 3.8) is 0 Å². The summed E-state index contributed by atoms with van der Waals surface area (Å²) in [5.74, 6) is -0.755. The van der Waals surface area contributed by atoms with Crippen LogP contribution in [0.15, 0.2) is 30.3 Å². The number of rotatable bonds is 8. The van der Waals surface area contributed by atoms with Crippen molar-refractivity contribution in [2.24, 2.45) is 0 Å². The summed E-state index contributed by atoms with van der Waals surface area (Å²) in [4.78, 5) is 23.8. The second-order valence-electron chi connectivity index (χ2n) is 6.25. The van der Waals surface area contributed by atoms with E-state index in [2.05, 4.69) is 20.3 Å². The molecule has 1 atom stereocenters. The van der Waals surface area contributed by atoms with Gasteiger partial charge in [0.25, 0.3) is 0 Å². The van der Waals surface area contributed by atoms with Crippen LogP contribution >= 0.6 is 0 Å². The molecule has 12 nitrogen and oxygen atoms in total. The van der Waals surface area contributed by atoms with E-state index < -0.39 is 37.1 Å². The molecular weight excluding hydrogens is 436 g/mol. The molecule has 0 aliphatic heterocycles. The Morgan fingerprint density at radius 3 is 2.30 bits per heavy atom. The maximum Gasteiger partial charge on any atom is 0.335 e. The van der Waals surface area contributed by atoms with E-state index in [-0.39, 0.29) is 23.3 Å². The number of methoxy groups -OCH3 is 1. The molecule has 0 aliphatic carbocycles. The zero-order chi connectivity index (χ0) is 22.5. The van der Waals surface area contributed by atoms with Gasteiger partial charge in [0.1, 0.15) is 11.1 Å². The lowest BCUT2D eigenvalue weighted by atomic mass is 10.2. The molecule has 1 aromatic carbocycles. The molecule has 0 saturated heterocycles. The molecule has 2 aromatic rings. The molecule has 164 valence electrons. The fourth-order valence-electron chi connectivity index (χ4n) is 2.30. The Kier molecular flexibility index (Phi) is 7.28. The zero-order valence-corrected chi connectivity index (χ0v) is 18.4. The summed E-state index contributed by atoms with van der Waals surface area (Å²) in [5, 5.41) is 0.639. The molecule has 1 aromatic heterocycles. The average Bonchev–Trinajstić information content (AvgIpc) is 2.65. The Bertz CT molecular complexity index is 1110. The summed E-state index contributed by atoms with van der Waals surface area (Å²) in [6.07, 6.45) is 0. The first-order chi connectivity index (χ1) is 13.9. The van der Waals surface area contributed by atoms with Gasteiger partial charge >= 0.3 is 12.0 Å². The third kappa shape index (κ3) is 6.08. The van der Waals surface area contributed by atoms with Gasteiger partial charge in [0.05, 0.1) is 12.9 Å². The van der Waals surface area contributed by atoms with E-state index in [9.17, 15) is 21.6 Å². The van der Waals surface area contributed by atoms with Crippen molar-refractivity contribution in [2.45, 2.75) is 12.2 Å². The van der Waals surface area contributed by atoms with Crippen LogP contribution in [-0.2, 0) is 20.0 Å². The fourth-order valence-corrected chi connectivity index (χ4v) is 5.38. The lowest BCUT2D eigenvalue weighted by Gasteiger charge is -2.21. The van der Waals surface area contributed by atoms with Crippen molar-refractivity contribution in [1.29, 1.82) is 0 Å². The highest BCUT2D eigenvalue weighted by Crippen LogP contribution is 2.24. The van der Waals surface area contributed by atoms with Crippen LogP contribution in [0.2, 0.25) is 0 Å². The molecule has 2 N–H and O–H groups in total. The van der Waals surface area contributed by atoms with Crippen LogP contribution in [-0.4, -0.2) is 69.1 Å². The molecule has 0 spiro atoms. The zero-order valence-electron chi connectivity index (χ0n) is 16.7. The summed E-state index contributed by atoms with van der Waals surface area (Å²) < 4.78 is 58.1. The number of hydrogen-bond acceptors (Lipinski definition) is 9. The average molecular weight is 459 g/mol. The van der Waals surface area contributed by atoms with E-state index in [1.54, 1.807) is 18.2 Å². The number of carbonyl (C=O) groups excluding carboxylic acids is 1. The number of aromatic nitrogens is 3. The quantitative estimate of drug-likeness (QED) is 0.566. The molecule has 30 heavy (non-hydrogen) atoms. The van der Waals surface area contributed by atoms with E-state index in [4.69, 9.17) is 4.74 Å². The minimum atomic E-state index is -4.46. The molecule has 0 fully saturated rings. The second kappa shape index (κ2) is 9.32. The number of amides is 2. The maximum atomic E-state index is 12.9. The van der Waals surface area contributed by atoms with Crippen molar-refractivity contribution < 1.29 is 26.4 Å². The molecular formula is C16H22N6O6S2. The highest BCUT2D eigenvalue weighted by atomic mass is 32.2. The number of nitrogens with one attached hydrogen (secondary N) is 2. The highest BCUT2D eigenvalue weighted by molar-refractivity contribution is 7.93.